The van der Waals surface area contributed by atoms with Crippen molar-refractivity contribution in [2.24, 2.45) is 0 Å². The molecule has 1 heterocycles. The van der Waals surface area contributed by atoms with Gasteiger partial charge in [-0.15, -0.1) is 0 Å². The second-order valence-electron chi connectivity index (χ2n) is 5.00. The summed E-state index contributed by atoms with van der Waals surface area (Å²) in [6.07, 6.45) is -5.49. The molecule has 1 aliphatic rings. The Hall–Kier alpha value is -1.60. The van der Waals surface area contributed by atoms with Gasteiger partial charge in [-0.05, 0) is 19.1 Å². The highest BCUT2D eigenvalue weighted by atomic mass is 19.4. The van der Waals surface area contributed by atoms with Crippen molar-refractivity contribution in [3.05, 3.63) is 35.4 Å². The summed E-state index contributed by atoms with van der Waals surface area (Å²) in [6, 6.07) is 4.70. The molecule has 0 bridgehead atoms. The number of aliphatic hydroxyl groups is 1. The molecule has 1 aromatic carbocycles. The molecule has 1 aliphatic heterocycles. The Morgan fingerprint density at radius 2 is 2.05 bits per heavy atom. The Morgan fingerprint density at radius 1 is 1.38 bits per heavy atom. The molecule has 0 aliphatic carbocycles. The molecule has 0 aromatic heterocycles. The van der Waals surface area contributed by atoms with Gasteiger partial charge >= 0.3 is 6.18 Å². The number of carbonyl (C=O) groups is 1. The van der Waals surface area contributed by atoms with Crippen molar-refractivity contribution < 1.29 is 27.8 Å². The van der Waals surface area contributed by atoms with Crippen LogP contribution in [0.5, 0.6) is 0 Å². The first-order chi connectivity index (χ1) is 9.82. The van der Waals surface area contributed by atoms with Gasteiger partial charge in [0.15, 0.2) is 0 Å². The van der Waals surface area contributed by atoms with Crippen molar-refractivity contribution in [3.8, 4) is 0 Å². The van der Waals surface area contributed by atoms with E-state index in [1.807, 2.05) is 0 Å². The lowest BCUT2D eigenvalue weighted by atomic mass is 10.0. The van der Waals surface area contributed by atoms with Crippen LogP contribution in [0.25, 0.3) is 0 Å². The Morgan fingerprint density at radius 3 is 2.67 bits per heavy atom. The van der Waals surface area contributed by atoms with Gasteiger partial charge in [-0.1, -0.05) is 12.1 Å². The van der Waals surface area contributed by atoms with Crippen molar-refractivity contribution in [1.82, 2.24) is 4.90 Å². The molecule has 1 fully saturated rings. The van der Waals surface area contributed by atoms with Crippen LogP contribution in [0.1, 0.15) is 22.8 Å². The standard InChI is InChI=1S/C14H16F3NO3/c1-9-6-18(7-10(8-19)21-9)13(20)11-4-2-3-5-12(11)14(15,16)17/h2-5,9-10,19H,6-8H2,1H3. The van der Waals surface area contributed by atoms with Gasteiger partial charge in [0.1, 0.15) is 0 Å². The van der Waals surface area contributed by atoms with Crippen molar-refractivity contribution >= 4 is 5.91 Å². The van der Waals surface area contributed by atoms with Gasteiger partial charge in [-0.3, -0.25) is 4.79 Å². The fourth-order valence-corrected chi connectivity index (χ4v) is 2.40. The second-order valence-corrected chi connectivity index (χ2v) is 5.00. The zero-order chi connectivity index (χ0) is 15.6. The topological polar surface area (TPSA) is 49.8 Å². The minimum absolute atomic E-state index is 0.0753. The highest BCUT2D eigenvalue weighted by Gasteiger charge is 2.37. The maximum absolute atomic E-state index is 13.0. The van der Waals surface area contributed by atoms with Crippen molar-refractivity contribution in [3.63, 3.8) is 0 Å². The van der Waals surface area contributed by atoms with Gasteiger partial charge in [0.25, 0.3) is 5.91 Å². The van der Waals surface area contributed by atoms with E-state index in [0.717, 1.165) is 6.07 Å². The van der Waals surface area contributed by atoms with Crippen LogP contribution < -0.4 is 0 Å². The average molecular weight is 303 g/mol. The van der Waals surface area contributed by atoms with Crippen LogP contribution in [-0.4, -0.2) is 47.8 Å². The van der Waals surface area contributed by atoms with E-state index in [-0.39, 0.29) is 31.4 Å². The van der Waals surface area contributed by atoms with Crippen LogP contribution in [0.15, 0.2) is 24.3 Å². The molecular formula is C14H16F3NO3. The summed E-state index contributed by atoms with van der Waals surface area (Å²) < 4.78 is 44.3. The van der Waals surface area contributed by atoms with E-state index in [9.17, 15) is 18.0 Å². The lowest BCUT2D eigenvalue weighted by Gasteiger charge is -2.36. The number of alkyl halides is 3. The number of aliphatic hydroxyl groups excluding tert-OH is 1. The minimum Gasteiger partial charge on any atom is -0.394 e. The quantitative estimate of drug-likeness (QED) is 0.908. The summed E-state index contributed by atoms with van der Waals surface area (Å²) in [6.45, 7) is 1.69. The molecule has 0 saturated carbocycles. The Kier molecular flexibility index (Phi) is 4.53. The number of amides is 1. The molecule has 0 spiro atoms. The maximum Gasteiger partial charge on any atom is 0.417 e. The predicted molar refractivity (Wildman–Crippen MR) is 68.8 cm³/mol. The molecule has 116 valence electrons. The van der Waals surface area contributed by atoms with Crippen molar-refractivity contribution in [2.75, 3.05) is 19.7 Å². The van der Waals surface area contributed by atoms with E-state index in [0.29, 0.717) is 0 Å². The molecule has 21 heavy (non-hydrogen) atoms. The highest BCUT2D eigenvalue weighted by molar-refractivity contribution is 5.96. The summed E-state index contributed by atoms with van der Waals surface area (Å²) in [4.78, 5) is 13.7. The Bertz CT molecular complexity index is 518. The lowest BCUT2D eigenvalue weighted by molar-refractivity contribution is -0.138. The van der Waals surface area contributed by atoms with E-state index < -0.39 is 23.8 Å². The molecule has 4 nitrogen and oxygen atoms in total. The van der Waals surface area contributed by atoms with Gasteiger partial charge in [0, 0.05) is 13.1 Å². The van der Waals surface area contributed by atoms with Crippen molar-refractivity contribution in [2.45, 2.75) is 25.3 Å². The zero-order valence-corrected chi connectivity index (χ0v) is 11.4. The summed E-state index contributed by atoms with van der Waals surface area (Å²) in [7, 11) is 0. The van der Waals surface area contributed by atoms with Crippen LogP contribution in [-0.2, 0) is 10.9 Å². The van der Waals surface area contributed by atoms with Gasteiger partial charge in [-0.25, -0.2) is 0 Å². The molecule has 1 amide bonds. The third-order valence-corrected chi connectivity index (χ3v) is 3.28. The number of halogens is 3. The molecule has 1 saturated heterocycles. The monoisotopic (exact) mass is 303 g/mol. The summed E-state index contributed by atoms with van der Waals surface area (Å²) in [5, 5.41) is 9.12. The summed E-state index contributed by atoms with van der Waals surface area (Å²) in [5.41, 5.74) is -1.33. The molecular weight excluding hydrogens is 287 g/mol. The van der Waals surface area contributed by atoms with E-state index >= 15 is 0 Å². The molecule has 0 radical (unpaired) electrons. The fraction of sp³-hybridized carbons (Fsp3) is 0.500. The summed E-state index contributed by atoms with van der Waals surface area (Å²) in [5.74, 6) is -0.698. The number of hydrogen-bond donors (Lipinski definition) is 1. The number of morpholine rings is 1. The smallest absolute Gasteiger partial charge is 0.394 e. The minimum atomic E-state index is -4.58. The molecule has 2 unspecified atom stereocenters. The third kappa shape index (κ3) is 3.54. The number of carbonyl (C=O) groups excluding carboxylic acids is 1. The van der Waals surface area contributed by atoms with Crippen LogP contribution >= 0.6 is 0 Å². The first kappa shape index (κ1) is 15.8. The Labute approximate surface area is 120 Å². The lowest BCUT2D eigenvalue weighted by Crippen LogP contribution is -2.50. The molecule has 1 N–H and O–H groups in total. The fourth-order valence-electron chi connectivity index (χ4n) is 2.40. The second kappa shape index (κ2) is 6.03. The normalized spacial score (nSPS) is 23.2. The largest absolute Gasteiger partial charge is 0.417 e. The van der Waals surface area contributed by atoms with E-state index in [1.165, 1.54) is 23.1 Å². The number of benzene rings is 1. The first-order valence-corrected chi connectivity index (χ1v) is 6.54. The predicted octanol–water partition coefficient (Wildman–Crippen LogP) is 1.93. The molecule has 2 rings (SSSR count). The van der Waals surface area contributed by atoms with Gasteiger partial charge < -0.3 is 14.7 Å². The van der Waals surface area contributed by atoms with Crippen LogP contribution in [0.4, 0.5) is 13.2 Å². The average Bonchev–Trinajstić information content (AvgIpc) is 2.45. The van der Waals surface area contributed by atoms with Crippen LogP contribution in [0.2, 0.25) is 0 Å². The number of nitrogens with zero attached hydrogens (tertiary/aromatic N) is 1. The number of rotatable bonds is 2. The van der Waals surface area contributed by atoms with E-state index in [2.05, 4.69) is 0 Å². The molecule has 1 aromatic rings. The van der Waals surface area contributed by atoms with Crippen LogP contribution in [0, 0.1) is 0 Å². The van der Waals surface area contributed by atoms with E-state index in [1.54, 1.807) is 6.92 Å². The van der Waals surface area contributed by atoms with Crippen LogP contribution in [0.3, 0.4) is 0 Å². The zero-order valence-electron chi connectivity index (χ0n) is 11.4. The first-order valence-electron chi connectivity index (χ1n) is 6.54. The molecule has 2 atom stereocenters. The third-order valence-electron chi connectivity index (χ3n) is 3.28. The van der Waals surface area contributed by atoms with Gasteiger partial charge in [0.05, 0.1) is 29.9 Å². The number of hydrogen-bond acceptors (Lipinski definition) is 3. The SMILES string of the molecule is CC1CN(C(=O)c2ccccc2C(F)(F)F)CC(CO)O1. The highest BCUT2D eigenvalue weighted by Crippen LogP contribution is 2.32. The number of ether oxygens (including phenoxy) is 1. The van der Waals surface area contributed by atoms with Gasteiger partial charge in [-0.2, -0.15) is 13.2 Å². The summed E-state index contributed by atoms with van der Waals surface area (Å²) >= 11 is 0. The van der Waals surface area contributed by atoms with E-state index in [4.69, 9.17) is 9.84 Å². The maximum atomic E-state index is 13.0. The van der Waals surface area contributed by atoms with Gasteiger partial charge in [0.2, 0.25) is 0 Å². The molecule has 7 heteroatoms. The Balaban J connectivity index is 2.28. The van der Waals surface area contributed by atoms with Crippen molar-refractivity contribution in [1.29, 1.82) is 0 Å².